The number of aryl methyl sites for hydroxylation is 1. The Kier molecular flexibility index (Phi) is 3.53. The van der Waals surface area contributed by atoms with E-state index in [1.807, 2.05) is 42.5 Å². The van der Waals surface area contributed by atoms with Crippen molar-refractivity contribution in [3.63, 3.8) is 0 Å². The number of nitrogens with one attached hydrogen (secondary N) is 1. The molecule has 0 atom stereocenters. The lowest BCUT2D eigenvalue weighted by Crippen LogP contribution is -1.98. The number of hydrogen-bond donors (Lipinski definition) is 1. The number of rotatable bonds is 3. The van der Waals surface area contributed by atoms with Gasteiger partial charge in [0, 0.05) is 11.1 Å². The Hall–Kier alpha value is -2.86. The number of hydrogen-bond acceptors (Lipinski definition) is 3. The predicted molar refractivity (Wildman–Crippen MR) is 85.6 cm³/mol. The minimum atomic E-state index is 0.636. The monoisotopic (exact) mass is 273 g/mol. The second-order valence-corrected chi connectivity index (χ2v) is 4.82. The van der Waals surface area contributed by atoms with Crippen LogP contribution < -0.4 is 5.32 Å². The van der Waals surface area contributed by atoms with Crippen LogP contribution in [0.15, 0.2) is 54.6 Å². The molecule has 3 aromatic rings. The van der Waals surface area contributed by atoms with Gasteiger partial charge in [-0.25, -0.2) is 4.98 Å². The number of aromatic nitrogens is 1. The molecule has 3 rings (SSSR count). The van der Waals surface area contributed by atoms with Crippen LogP contribution in [0.2, 0.25) is 0 Å². The van der Waals surface area contributed by atoms with Gasteiger partial charge >= 0.3 is 0 Å². The Bertz CT molecular complexity index is 831. The molecule has 0 spiro atoms. The first kappa shape index (κ1) is 13.1. The highest BCUT2D eigenvalue weighted by atomic mass is 15.0. The van der Waals surface area contributed by atoms with Gasteiger partial charge in [0.1, 0.15) is 5.82 Å². The third-order valence-corrected chi connectivity index (χ3v) is 3.50. The Morgan fingerprint density at radius 1 is 1.10 bits per heavy atom. The molecule has 0 radical (unpaired) electrons. The van der Waals surface area contributed by atoms with Crippen LogP contribution in [0.5, 0.6) is 0 Å². The van der Waals surface area contributed by atoms with E-state index in [1.54, 1.807) is 6.07 Å². The van der Waals surface area contributed by atoms with Gasteiger partial charge in [0.15, 0.2) is 0 Å². The minimum Gasteiger partial charge on any atom is -0.340 e. The molecule has 0 bridgehead atoms. The van der Waals surface area contributed by atoms with Crippen molar-refractivity contribution in [2.75, 3.05) is 5.32 Å². The van der Waals surface area contributed by atoms with Gasteiger partial charge in [-0.1, -0.05) is 43.3 Å². The molecule has 0 unspecified atom stereocenters. The summed E-state index contributed by atoms with van der Waals surface area (Å²) in [5.74, 6) is 0.700. The maximum absolute atomic E-state index is 9.32. The first-order valence-electron chi connectivity index (χ1n) is 6.96. The molecule has 1 aromatic heterocycles. The molecule has 0 aliphatic carbocycles. The second-order valence-electron chi connectivity index (χ2n) is 4.82. The zero-order chi connectivity index (χ0) is 14.7. The summed E-state index contributed by atoms with van der Waals surface area (Å²) in [5.41, 5.74) is 3.72. The summed E-state index contributed by atoms with van der Waals surface area (Å²) in [5, 5.41) is 13.5. The van der Waals surface area contributed by atoms with Crippen LogP contribution >= 0.6 is 0 Å². The quantitative estimate of drug-likeness (QED) is 0.768. The molecule has 0 amide bonds. The fourth-order valence-electron chi connectivity index (χ4n) is 2.42. The molecule has 0 saturated carbocycles. The highest BCUT2D eigenvalue weighted by Gasteiger charge is 2.06. The summed E-state index contributed by atoms with van der Waals surface area (Å²) in [6.07, 6.45) is 0.946. The van der Waals surface area contributed by atoms with Gasteiger partial charge in [-0.05, 0) is 30.2 Å². The van der Waals surface area contributed by atoms with E-state index in [-0.39, 0.29) is 0 Å². The fraction of sp³-hybridized carbons (Fsp3) is 0.111. The van der Waals surface area contributed by atoms with Crippen LogP contribution in [0, 0.1) is 11.3 Å². The largest absolute Gasteiger partial charge is 0.340 e. The van der Waals surface area contributed by atoms with Crippen LogP contribution in [0.4, 0.5) is 11.5 Å². The van der Waals surface area contributed by atoms with Gasteiger partial charge in [0.05, 0.1) is 17.1 Å². The SMILES string of the molecule is CCc1ccccc1Nc1cc(C#N)c2ccccc2n1. The van der Waals surface area contributed by atoms with Crippen molar-refractivity contribution in [2.24, 2.45) is 0 Å². The van der Waals surface area contributed by atoms with Gasteiger partial charge in [-0.3, -0.25) is 0 Å². The van der Waals surface area contributed by atoms with Crippen LogP contribution in [-0.2, 0) is 6.42 Å². The van der Waals surface area contributed by atoms with Crippen molar-refractivity contribution in [1.82, 2.24) is 4.98 Å². The van der Waals surface area contributed by atoms with E-state index in [4.69, 9.17) is 0 Å². The molecule has 0 aliphatic heterocycles. The zero-order valence-electron chi connectivity index (χ0n) is 11.8. The smallest absolute Gasteiger partial charge is 0.132 e. The number of anilines is 2. The number of para-hydroxylation sites is 2. The van der Waals surface area contributed by atoms with E-state index >= 15 is 0 Å². The molecule has 1 N–H and O–H groups in total. The van der Waals surface area contributed by atoms with E-state index in [2.05, 4.69) is 29.4 Å². The Balaban J connectivity index is 2.07. The molecule has 102 valence electrons. The second kappa shape index (κ2) is 5.64. The van der Waals surface area contributed by atoms with Crippen molar-refractivity contribution in [3.05, 3.63) is 65.7 Å². The Morgan fingerprint density at radius 2 is 1.86 bits per heavy atom. The third kappa shape index (κ3) is 2.56. The van der Waals surface area contributed by atoms with Crippen molar-refractivity contribution < 1.29 is 0 Å². The highest BCUT2D eigenvalue weighted by Crippen LogP contribution is 2.24. The lowest BCUT2D eigenvalue weighted by molar-refractivity contribution is 1.14. The normalized spacial score (nSPS) is 10.3. The first-order chi connectivity index (χ1) is 10.3. The van der Waals surface area contributed by atoms with Crippen LogP contribution in [0.3, 0.4) is 0 Å². The van der Waals surface area contributed by atoms with E-state index in [0.717, 1.165) is 23.0 Å². The topological polar surface area (TPSA) is 48.7 Å². The lowest BCUT2D eigenvalue weighted by Gasteiger charge is -2.11. The Morgan fingerprint density at radius 3 is 2.67 bits per heavy atom. The number of fused-ring (bicyclic) bond motifs is 1. The van der Waals surface area contributed by atoms with Crippen molar-refractivity contribution >= 4 is 22.4 Å². The average Bonchev–Trinajstić information content (AvgIpc) is 2.54. The van der Waals surface area contributed by atoms with Gasteiger partial charge in [-0.2, -0.15) is 5.26 Å². The van der Waals surface area contributed by atoms with Gasteiger partial charge in [0.25, 0.3) is 0 Å². The molecular weight excluding hydrogens is 258 g/mol. The van der Waals surface area contributed by atoms with E-state index in [0.29, 0.717) is 11.4 Å². The molecule has 1 heterocycles. The number of benzene rings is 2. The Labute approximate surface area is 123 Å². The van der Waals surface area contributed by atoms with Gasteiger partial charge in [-0.15, -0.1) is 0 Å². The average molecular weight is 273 g/mol. The molecule has 0 saturated heterocycles. The van der Waals surface area contributed by atoms with Crippen molar-refractivity contribution in [1.29, 1.82) is 5.26 Å². The van der Waals surface area contributed by atoms with Gasteiger partial charge < -0.3 is 5.32 Å². The molecule has 3 nitrogen and oxygen atoms in total. The molecule has 0 fully saturated rings. The third-order valence-electron chi connectivity index (χ3n) is 3.50. The number of nitrogens with zero attached hydrogens (tertiary/aromatic N) is 2. The molecule has 0 aliphatic rings. The summed E-state index contributed by atoms with van der Waals surface area (Å²) < 4.78 is 0. The highest BCUT2D eigenvalue weighted by molar-refractivity contribution is 5.86. The van der Waals surface area contributed by atoms with Gasteiger partial charge in [0.2, 0.25) is 0 Å². The summed E-state index contributed by atoms with van der Waals surface area (Å²) in [7, 11) is 0. The van der Waals surface area contributed by atoms with Crippen LogP contribution in [0.1, 0.15) is 18.1 Å². The van der Waals surface area contributed by atoms with E-state index < -0.39 is 0 Å². The summed E-state index contributed by atoms with van der Waals surface area (Å²) >= 11 is 0. The maximum atomic E-state index is 9.32. The van der Waals surface area contributed by atoms with Crippen LogP contribution in [0.25, 0.3) is 10.9 Å². The summed E-state index contributed by atoms with van der Waals surface area (Å²) in [6.45, 7) is 2.12. The number of nitriles is 1. The predicted octanol–water partition coefficient (Wildman–Crippen LogP) is 4.41. The standard InChI is InChI=1S/C18H15N3/c1-2-13-7-3-5-9-16(13)20-18-11-14(12-19)15-8-4-6-10-17(15)21-18/h3-11H,2H2,1H3,(H,20,21). The van der Waals surface area contributed by atoms with Crippen molar-refractivity contribution in [3.8, 4) is 6.07 Å². The summed E-state index contributed by atoms with van der Waals surface area (Å²) in [6, 6.07) is 19.9. The first-order valence-corrected chi connectivity index (χ1v) is 6.96. The summed E-state index contributed by atoms with van der Waals surface area (Å²) in [4.78, 5) is 4.59. The van der Waals surface area contributed by atoms with Crippen molar-refractivity contribution in [2.45, 2.75) is 13.3 Å². The van der Waals surface area contributed by atoms with E-state index in [9.17, 15) is 5.26 Å². The molecule has 3 heteroatoms. The molecule has 2 aromatic carbocycles. The van der Waals surface area contributed by atoms with Crippen LogP contribution in [-0.4, -0.2) is 4.98 Å². The maximum Gasteiger partial charge on any atom is 0.132 e. The fourth-order valence-corrected chi connectivity index (χ4v) is 2.42. The lowest BCUT2D eigenvalue weighted by atomic mass is 10.1. The molecular formula is C18H15N3. The zero-order valence-corrected chi connectivity index (χ0v) is 11.8. The van der Waals surface area contributed by atoms with E-state index in [1.165, 1.54) is 5.56 Å². The number of pyridine rings is 1. The molecule has 21 heavy (non-hydrogen) atoms. The minimum absolute atomic E-state index is 0.636.